The maximum absolute atomic E-state index is 14.1. The van der Waals surface area contributed by atoms with Crippen LogP contribution in [0.5, 0.6) is 0 Å². The fourth-order valence-electron chi connectivity index (χ4n) is 3.52. The van der Waals surface area contributed by atoms with Crippen LogP contribution in [0.3, 0.4) is 0 Å². The Labute approximate surface area is 137 Å². The van der Waals surface area contributed by atoms with Gasteiger partial charge in [0.05, 0.1) is 0 Å². The summed E-state index contributed by atoms with van der Waals surface area (Å²) in [5.41, 5.74) is 1.04. The Hall–Kier alpha value is -1.91. The number of rotatable bonds is 2. The van der Waals surface area contributed by atoms with E-state index in [4.69, 9.17) is 0 Å². The Morgan fingerprint density at radius 3 is 1.83 bits per heavy atom. The smallest absolute Gasteiger partial charge is 0.194 e. The summed E-state index contributed by atoms with van der Waals surface area (Å²) in [6.45, 7) is 1.51. The number of hydrogen-bond acceptors (Lipinski definition) is 0. The summed E-state index contributed by atoms with van der Waals surface area (Å²) in [6, 6.07) is 5.21. The zero-order chi connectivity index (χ0) is 17.4. The molecule has 0 N–H and O–H groups in total. The highest BCUT2D eigenvalue weighted by Gasteiger charge is 2.27. The van der Waals surface area contributed by atoms with E-state index in [1.165, 1.54) is 6.92 Å². The third-order valence-corrected chi connectivity index (χ3v) is 4.95. The van der Waals surface area contributed by atoms with Crippen molar-refractivity contribution >= 4 is 0 Å². The van der Waals surface area contributed by atoms with Gasteiger partial charge in [0.25, 0.3) is 0 Å². The van der Waals surface area contributed by atoms with E-state index < -0.39 is 29.1 Å². The molecule has 0 amide bonds. The second-order valence-corrected chi connectivity index (χ2v) is 6.45. The van der Waals surface area contributed by atoms with Crippen LogP contribution >= 0.6 is 0 Å². The van der Waals surface area contributed by atoms with E-state index in [2.05, 4.69) is 0 Å². The van der Waals surface area contributed by atoms with E-state index in [1.807, 2.05) is 0 Å². The van der Waals surface area contributed by atoms with Crippen molar-refractivity contribution in [3.8, 4) is 0 Å². The van der Waals surface area contributed by atoms with Gasteiger partial charge in [0, 0.05) is 0 Å². The molecule has 1 aliphatic rings. The minimum Gasteiger partial charge on any atom is -0.204 e. The average Bonchev–Trinajstić information content (AvgIpc) is 2.57. The molecule has 0 nitrogen and oxygen atoms in total. The largest absolute Gasteiger partial charge is 0.204 e. The molecule has 0 unspecified atom stereocenters. The first-order valence-electron chi connectivity index (χ1n) is 7.97. The molecular formula is C19H17F5. The van der Waals surface area contributed by atoms with Crippen LogP contribution in [0.1, 0.15) is 54.2 Å². The van der Waals surface area contributed by atoms with Gasteiger partial charge in [-0.3, -0.25) is 0 Å². The summed E-state index contributed by atoms with van der Waals surface area (Å²) >= 11 is 0. The molecule has 0 bridgehead atoms. The van der Waals surface area contributed by atoms with Gasteiger partial charge in [-0.2, -0.15) is 0 Å². The minimum atomic E-state index is -1.47. The highest BCUT2D eigenvalue weighted by molar-refractivity contribution is 5.30. The Morgan fingerprint density at radius 1 is 0.708 bits per heavy atom. The molecule has 0 saturated heterocycles. The molecule has 2 aromatic carbocycles. The Morgan fingerprint density at radius 2 is 1.25 bits per heavy atom. The third kappa shape index (κ3) is 3.04. The Bertz CT molecular complexity index is 738. The molecule has 0 aromatic heterocycles. The zero-order valence-corrected chi connectivity index (χ0v) is 13.2. The standard InChI is InChI=1S/C19H17F5/c1-10-2-7-14(18(23)17(10)22)12-5-3-11(4-6-12)13-8-15(20)19(24)16(21)9-13/h2,7-9,11-12H,3-6H2,1H3. The second-order valence-electron chi connectivity index (χ2n) is 6.45. The van der Waals surface area contributed by atoms with Gasteiger partial charge >= 0.3 is 0 Å². The lowest BCUT2D eigenvalue weighted by Gasteiger charge is -2.29. The van der Waals surface area contributed by atoms with Crippen LogP contribution in [-0.2, 0) is 0 Å². The maximum Gasteiger partial charge on any atom is 0.194 e. The van der Waals surface area contributed by atoms with Gasteiger partial charge in [-0.1, -0.05) is 12.1 Å². The average molecular weight is 340 g/mol. The number of benzene rings is 2. The topological polar surface area (TPSA) is 0 Å². The highest BCUT2D eigenvalue weighted by atomic mass is 19.2. The molecule has 2 aromatic rings. The van der Waals surface area contributed by atoms with Crippen LogP contribution in [0.15, 0.2) is 24.3 Å². The fourth-order valence-corrected chi connectivity index (χ4v) is 3.52. The van der Waals surface area contributed by atoms with Crippen molar-refractivity contribution in [2.75, 3.05) is 0 Å². The summed E-state index contributed by atoms with van der Waals surface area (Å²) in [5, 5.41) is 0. The van der Waals surface area contributed by atoms with Crippen LogP contribution in [0.4, 0.5) is 22.0 Å². The summed E-state index contributed by atoms with van der Waals surface area (Å²) in [5.74, 6) is -5.72. The van der Waals surface area contributed by atoms with Crippen LogP contribution in [0.25, 0.3) is 0 Å². The molecule has 0 radical (unpaired) electrons. The van der Waals surface area contributed by atoms with Crippen molar-refractivity contribution in [3.05, 3.63) is 70.0 Å². The van der Waals surface area contributed by atoms with E-state index in [-0.39, 0.29) is 17.4 Å². The molecule has 0 aliphatic heterocycles. The lowest BCUT2D eigenvalue weighted by Crippen LogP contribution is -2.14. The van der Waals surface area contributed by atoms with Gasteiger partial charge in [-0.15, -0.1) is 0 Å². The van der Waals surface area contributed by atoms with Gasteiger partial charge in [0.2, 0.25) is 0 Å². The van der Waals surface area contributed by atoms with Gasteiger partial charge in [-0.25, -0.2) is 22.0 Å². The summed E-state index contributed by atoms with van der Waals surface area (Å²) in [6.07, 6.45) is 2.35. The van der Waals surface area contributed by atoms with E-state index in [1.54, 1.807) is 12.1 Å². The van der Waals surface area contributed by atoms with Crippen LogP contribution in [-0.4, -0.2) is 0 Å². The highest BCUT2D eigenvalue weighted by Crippen LogP contribution is 2.42. The van der Waals surface area contributed by atoms with Crippen molar-refractivity contribution in [2.24, 2.45) is 0 Å². The van der Waals surface area contributed by atoms with Gasteiger partial charge in [-0.05, 0) is 73.3 Å². The minimum absolute atomic E-state index is 0.107. The fraction of sp³-hybridized carbons (Fsp3) is 0.368. The summed E-state index contributed by atoms with van der Waals surface area (Å²) < 4.78 is 67.6. The monoisotopic (exact) mass is 340 g/mol. The summed E-state index contributed by atoms with van der Waals surface area (Å²) in [7, 11) is 0. The normalized spacial score (nSPS) is 21.1. The molecular weight excluding hydrogens is 323 g/mol. The first-order valence-corrected chi connectivity index (χ1v) is 7.97. The first kappa shape index (κ1) is 16.9. The Kier molecular flexibility index (Phi) is 4.61. The van der Waals surface area contributed by atoms with Gasteiger partial charge < -0.3 is 0 Å². The van der Waals surface area contributed by atoms with Crippen LogP contribution in [0, 0.1) is 36.0 Å². The molecule has 1 fully saturated rings. The molecule has 24 heavy (non-hydrogen) atoms. The van der Waals surface area contributed by atoms with Crippen molar-refractivity contribution < 1.29 is 22.0 Å². The van der Waals surface area contributed by atoms with Crippen molar-refractivity contribution in [1.82, 2.24) is 0 Å². The molecule has 0 atom stereocenters. The quantitative estimate of drug-likeness (QED) is 0.455. The Balaban J connectivity index is 1.76. The molecule has 0 spiro atoms. The number of aryl methyl sites for hydroxylation is 1. The summed E-state index contributed by atoms with van der Waals surface area (Å²) in [4.78, 5) is 0. The van der Waals surface area contributed by atoms with E-state index in [9.17, 15) is 22.0 Å². The van der Waals surface area contributed by atoms with Crippen molar-refractivity contribution in [3.63, 3.8) is 0 Å². The van der Waals surface area contributed by atoms with E-state index in [0.29, 0.717) is 36.8 Å². The molecule has 0 heterocycles. The van der Waals surface area contributed by atoms with Gasteiger partial charge in [0.15, 0.2) is 29.1 Å². The van der Waals surface area contributed by atoms with Crippen molar-refractivity contribution in [2.45, 2.75) is 44.4 Å². The predicted molar refractivity (Wildman–Crippen MR) is 81.4 cm³/mol. The van der Waals surface area contributed by atoms with E-state index >= 15 is 0 Å². The maximum atomic E-state index is 14.1. The molecule has 128 valence electrons. The SMILES string of the molecule is Cc1ccc(C2CCC(c3cc(F)c(F)c(F)c3)CC2)c(F)c1F. The number of hydrogen-bond donors (Lipinski definition) is 0. The first-order chi connectivity index (χ1) is 11.4. The van der Waals surface area contributed by atoms with Crippen LogP contribution in [0.2, 0.25) is 0 Å². The molecule has 1 aliphatic carbocycles. The van der Waals surface area contributed by atoms with Crippen LogP contribution < -0.4 is 0 Å². The predicted octanol–water partition coefficient (Wildman–Crippen LogP) is 6.13. The molecule has 1 saturated carbocycles. The molecule has 3 rings (SSSR count). The second kappa shape index (κ2) is 6.54. The lowest BCUT2D eigenvalue weighted by atomic mass is 9.76. The van der Waals surface area contributed by atoms with Gasteiger partial charge in [0.1, 0.15) is 0 Å². The molecule has 5 heteroatoms. The number of halogens is 5. The zero-order valence-electron chi connectivity index (χ0n) is 13.2. The lowest BCUT2D eigenvalue weighted by molar-refractivity contribution is 0.376. The third-order valence-electron chi connectivity index (χ3n) is 4.95. The van der Waals surface area contributed by atoms with E-state index in [0.717, 1.165) is 12.1 Å². The van der Waals surface area contributed by atoms with Crippen molar-refractivity contribution in [1.29, 1.82) is 0 Å².